The summed E-state index contributed by atoms with van der Waals surface area (Å²) in [6.45, 7) is 5.91. The van der Waals surface area contributed by atoms with E-state index in [1.807, 2.05) is 13.8 Å². The van der Waals surface area contributed by atoms with Crippen LogP contribution in [0, 0.1) is 0 Å². The molecule has 0 saturated heterocycles. The summed E-state index contributed by atoms with van der Waals surface area (Å²) in [5, 5.41) is 3.37. The third-order valence-corrected chi connectivity index (χ3v) is 8.70. The lowest BCUT2D eigenvalue weighted by Gasteiger charge is -2.33. The number of hydrogen-bond acceptors (Lipinski definition) is 5. The number of nitrogens with zero attached hydrogens (tertiary/aromatic N) is 2. The molecule has 3 aromatic carbocycles. The van der Waals surface area contributed by atoms with Gasteiger partial charge in [-0.25, -0.2) is 8.42 Å². The third kappa shape index (κ3) is 8.24. The smallest absolute Gasteiger partial charge is 0.264 e. The van der Waals surface area contributed by atoms with Crippen LogP contribution in [0.2, 0.25) is 5.02 Å². The maximum Gasteiger partial charge on any atom is 0.264 e. The predicted molar refractivity (Wildman–Crippen MR) is 163 cm³/mol. The number of halogens is 1. The Balaban J connectivity index is 2.08. The normalized spacial score (nSPS) is 11.9. The van der Waals surface area contributed by atoms with Gasteiger partial charge in [-0.15, -0.1) is 0 Å². The van der Waals surface area contributed by atoms with Crippen LogP contribution in [0.15, 0.2) is 83.8 Å². The van der Waals surface area contributed by atoms with E-state index in [0.29, 0.717) is 35.9 Å². The molecule has 3 rings (SSSR count). The van der Waals surface area contributed by atoms with Crippen molar-refractivity contribution in [3.63, 3.8) is 0 Å². The van der Waals surface area contributed by atoms with E-state index in [9.17, 15) is 18.0 Å². The van der Waals surface area contributed by atoms with Crippen molar-refractivity contribution in [3.8, 4) is 5.75 Å². The van der Waals surface area contributed by atoms with E-state index in [2.05, 4.69) is 5.32 Å². The van der Waals surface area contributed by atoms with Crippen molar-refractivity contribution in [1.29, 1.82) is 0 Å². The highest BCUT2D eigenvalue weighted by Gasteiger charge is 2.34. The zero-order valence-electron chi connectivity index (χ0n) is 23.8. The van der Waals surface area contributed by atoms with E-state index < -0.39 is 28.5 Å². The first-order chi connectivity index (χ1) is 19.7. The molecule has 0 spiro atoms. The van der Waals surface area contributed by atoms with Gasteiger partial charge in [-0.1, -0.05) is 80.4 Å². The molecule has 1 unspecified atom stereocenters. The van der Waals surface area contributed by atoms with Gasteiger partial charge in [-0.2, -0.15) is 0 Å². The van der Waals surface area contributed by atoms with E-state index in [1.54, 1.807) is 73.7 Å². The van der Waals surface area contributed by atoms with Crippen molar-refractivity contribution in [2.75, 3.05) is 24.0 Å². The highest BCUT2D eigenvalue weighted by atomic mass is 35.5. The number of nitrogens with one attached hydrogen (secondary N) is 1. The first-order valence-corrected chi connectivity index (χ1v) is 15.7. The Labute approximate surface area is 248 Å². The molecule has 0 heterocycles. The van der Waals surface area contributed by atoms with Gasteiger partial charge < -0.3 is 15.0 Å². The molecule has 0 saturated carbocycles. The summed E-state index contributed by atoms with van der Waals surface area (Å²) < 4.78 is 34.8. The van der Waals surface area contributed by atoms with Gasteiger partial charge in [0.25, 0.3) is 10.0 Å². The van der Waals surface area contributed by atoms with Crippen LogP contribution >= 0.6 is 11.6 Å². The largest absolute Gasteiger partial charge is 0.492 e. The summed E-state index contributed by atoms with van der Waals surface area (Å²) in [7, 11) is -4.20. The molecule has 1 N–H and O–H groups in total. The second-order valence-electron chi connectivity index (χ2n) is 9.41. The van der Waals surface area contributed by atoms with Crippen molar-refractivity contribution in [1.82, 2.24) is 10.2 Å². The number of anilines is 1. The SMILES string of the molecule is CCCCNC(=O)C(CC)N(Cc1ccccc1Cl)C(=O)CN(c1ccccc1OCC)S(=O)(=O)c1ccccc1. The van der Waals surface area contributed by atoms with Gasteiger partial charge in [0.1, 0.15) is 18.3 Å². The van der Waals surface area contributed by atoms with Crippen LogP contribution in [-0.2, 0) is 26.2 Å². The quantitative estimate of drug-likeness (QED) is 0.228. The maximum absolute atomic E-state index is 14.2. The Morgan fingerprint density at radius 2 is 1.59 bits per heavy atom. The minimum Gasteiger partial charge on any atom is -0.492 e. The molecule has 0 aromatic heterocycles. The first kappa shape index (κ1) is 32.0. The standard InChI is InChI=1S/C31H38ClN3O5S/c1-4-7-21-33-31(37)27(5-2)34(22-24-15-11-12-18-26(24)32)30(36)23-35(28-19-13-14-20-29(28)40-6-3)41(38,39)25-16-9-8-10-17-25/h8-20,27H,4-7,21-23H2,1-3H3,(H,33,37). The predicted octanol–water partition coefficient (Wildman–Crippen LogP) is 5.66. The minimum absolute atomic E-state index is 0.0288. The van der Waals surface area contributed by atoms with Gasteiger partial charge in [0.05, 0.1) is 17.2 Å². The lowest BCUT2D eigenvalue weighted by molar-refractivity contribution is -0.140. The molecule has 0 radical (unpaired) electrons. The molecule has 220 valence electrons. The molecule has 3 aromatic rings. The van der Waals surface area contributed by atoms with Crippen LogP contribution in [0.5, 0.6) is 5.75 Å². The number of ether oxygens (including phenoxy) is 1. The van der Waals surface area contributed by atoms with Crippen LogP contribution in [0.4, 0.5) is 5.69 Å². The number of rotatable bonds is 15. The molecular formula is C31H38ClN3O5S. The molecular weight excluding hydrogens is 562 g/mol. The number of sulfonamides is 1. The fourth-order valence-corrected chi connectivity index (χ4v) is 6.05. The van der Waals surface area contributed by atoms with E-state index in [-0.39, 0.29) is 23.0 Å². The zero-order valence-corrected chi connectivity index (χ0v) is 25.3. The topological polar surface area (TPSA) is 96.0 Å². The Kier molecular flexibility index (Phi) is 12.0. The summed E-state index contributed by atoms with van der Waals surface area (Å²) in [5.74, 6) is -0.522. The van der Waals surface area contributed by atoms with Gasteiger partial charge in [-0.05, 0) is 55.7 Å². The Bertz CT molecular complexity index is 1400. The second-order valence-corrected chi connectivity index (χ2v) is 11.7. The number of para-hydroxylation sites is 2. The molecule has 41 heavy (non-hydrogen) atoms. The molecule has 0 aliphatic carbocycles. The van der Waals surface area contributed by atoms with Crippen LogP contribution in [0.1, 0.15) is 45.6 Å². The lowest BCUT2D eigenvalue weighted by atomic mass is 10.1. The number of hydrogen-bond donors (Lipinski definition) is 1. The monoisotopic (exact) mass is 599 g/mol. The number of unbranched alkanes of at least 4 members (excludes halogenated alkanes) is 1. The zero-order chi connectivity index (χ0) is 29.8. The summed E-state index contributed by atoms with van der Waals surface area (Å²) in [6, 6.07) is 20.9. The molecule has 0 bridgehead atoms. The summed E-state index contributed by atoms with van der Waals surface area (Å²) in [4.78, 5) is 28.9. The van der Waals surface area contributed by atoms with E-state index >= 15 is 0 Å². The molecule has 8 nitrogen and oxygen atoms in total. The molecule has 1 atom stereocenters. The van der Waals surface area contributed by atoms with Crippen LogP contribution in [0.25, 0.3) is 0 Å². The van der Waals surface area contributed by atoms with Gasteiger partial charge in [0.2, 0.25) is 11.8 Å². The molecule has 0 fully saturated rings. The number of carbonyl (C=O) groups excluding carboxylic acids is 2. The van der Waals surface area contributed by atoms with Crippen molar-refractivity contribution in [3.05, 3.63) is 89.4 Å². The molecule has 2 amide bonds. The van der Waals surface area contributed by atoms with Gasteiger partial charge in [0, 0.05) is 18.1 Å². The Morgan fingerprint density at radius 1 is 0.927 bits per heavy atom. The summed E-state index contributed by atoms with van der Waals surface area (Å²) in [5.41, 5.74) is 0.874. The second kappa shape index (κ2) is 15.4. The van der Waals surface area contributed by atoms with Crippen LogP contribution in [0.3, 0.4) is 0 Å². The minimum atomic E-state index is -4.20. The molecule has 10 heteroatoms. The molecule has 0 aliphatic heterocycles. The highest BCUT2D eigenvalue weighted by Crippen LogP contribution is 2.33. The third-order valence-electron chi connectivity index (χ3n) is 6.56. The van der Waals surface area contributed by atoms with Crippen molar-refractivity contribution in [2.24, 2.45) is 0 Å². The number of amides is 2. The maximum atomic E-state index is 14.2. The fraction of sp³-hybridized carbons (Fsp3) is 0.355. The summed E-state index contributed by atoms with van der Waals surface area (Å²) >= 11 is 6.45. The average Bonchev–Trinajstić information content (AvgIpc) is 2.97. The summed E-state index contributed by atoms with van der Waals surface area (Å²) in [6.07, 6.45) is 2.04. The van der Waals surface area contributed by atoms with Gasteiger partial charge >= 0.3 is 0 Å². The van der Waals surface area contributed by atoms with Crippen LogP contribution in [-0.4, -0.2) is 50.9 Å². The van der Waals surface area contributed by atoms with Crippen molar-refractivity contribution >= 4 is 39.1 Å². The van der Waals surface area contributed by atoms with E-state index in [1.165, 1.54) is 17.0 Å². The van der Waals surface area contributed by atoms with Crippen molar-refractivity contribution in [2.45, 2.75) is 57.5 Å². The fourth-order valence-electron chi connectivity index (χ4n) is 4.41. The average molecular weight is 600 g/mol. The van der Waals surface area contributed by atoms with Gasteiger partial charge in [-0.3, -0.25) is 13.9 Å². The van der Waals surface area contributed by atoms with Crippen molar-refractivity contribution < 1.29 is 22.7 Å². The van der Waals surface area contributed by atoms with E-state index in [0.717, 1.165) is 17.1 Å². The van der Waals surface area contributed by atoms with Gasteiger partial charge in [0.15, 0.2) is 0 Å². The lowest BCUT2D eigenvalue weighted by Crippen LogP contribution is -2.52. The van der Waals surface area contributed by atoms with E-state index in [4.69, 9.17) is 16.3 Å². The number of carbonyl (C=O) groups is 2. The first-order valence-electron chi connectivity index (χ1n) is 13.8. The Morgan fingerprint density at radius 3 is 2.24 bits per heavy atom. The number of benzene rings is 3. The Hall–Kier alpha value is -3.56. The molecule has 0 aliphatic rings. The highest BCUT2D eigenvalue weighted by molar-refractivity contribution is 7.92. The van der Waals surface area contributed by atoms with Crippen LogP contribution < -0.4 is 14.4 Å².